The molecule has 1 aliphatic heterocycles. The van der Waals surface area contributed by atoms with Gasteiger partial charge in [-0.15, -0.1) is 0 Å². The van der Waals surface area contributed by atoms with Gasteiger partial charge < -0.3 is 25.0 Å². The predicted molar refractivity (Wildman–Crippen MR) is 68.4 cm³/mol. The first-order valence-corrected chi connectivity index (χ1v) is 6.14. The number of aliphatic carboxylic acids is 1. The lowest BCUT2D eigenvalue weighted by Gasteiger charge is -2.20. The van der Waals surface area contributed by atoms with Crippen LogP contribution in [0.2, 0.25) is 5.02 Å². The van der Waals surface area contributed by atoms with E-state index in [9.17, 15) is 9.59 Å². The lowest BCUT2D eigenvalue weighted by Crippen LogP contribution is -2.43. The summed E-state index contributed by atoms with van der Waals surface area (Å²) in [6, 6.07) is 1.38. The molecule has 0 radical (unpaired) electrons. The fourth-order valence-electron chi connectivity index (χ4n) is 1.67. The first-order chi connectivity index (χ1) is 9.52. The van der Waals surface area contributed by atoms with Gasteiger partial charge in [-0.2, -0.15) is 0 Å². The fraction of sp³-hybridized carbons (Fsp3) is 0.333. The van der Waals surface area contributed by atoms with E-state index < -0.39 is 24.5 Å². The van der Waals surface area contributed by atoms with Gasteiger partial charge in [-0.3, -0.25) is 4.79 Å². The summed E-state index contributed by atoms with van der Waals surface area (Å²) in [6.45, 7) is -0.00792. The summed E-state index contributed by atoms with van der Waals surface area (Å²) >= 11 is 5.97. The number of halogens is 1. The second-order valence-electron chi connectivity index (χ2n) is 4.03. The van der Waals surface area contributed by atoms with E-state index in [0.717, 1.165) is 0 Å². The van der Waals surface area contributed by atoms with Crippen LogP contribution in [0, 0.1) is 0 Å². The summed E-state index contributed by atoms with van der Waals surface area (Å²) in [6.07, 6.45) is 0. The number of ether oxygens (including phenoxy) is 2. The summed E-state index contributed by atoms with van der Waals surface area (Å²) in [5, 5.41) is 20.0. The van der Waals surface area contributed by atoms with Gasteiger partial charge in [0, 0.05) is 5.56 Å². The quantitative estimate of drug-likeness (QED) is 0.738. The number of hydrogen-bond acceptors (Lipinski definition) is 5. The number of carbonyl (C=O) groups excluding carboxylic acids is 1. The molecule has 1 amide bonds. The van der Waals surface area contributed by atoms with Gasteiger partial charge >= 0.3 is 5.97 Å². The van der Waals surface area contributed by atoms with E-state index in [0.29, 0.717) is 24.7 Å². The van der Waals surface area contributed by atoms with Crippen LogP contribution in [0.1, 0.15) is 10.4 Å². The van der Waals surface area contributed by atoms with Crippen molar-refractivity contribution in [3.8, 4) is 11.5 Å². The van der Waals surface area contributed by atoms with Crippen LogP contribution in [-0.2, 0) is 4.79 Å². The molecule has 1 atom stereocenters. The molecule has 108 valence electrons. The van der Waals surface area contributed by atoms with E-state index >= 15 is 0 Å². The number of fused-ring (bicyclic) bond motifs is 1. The highest BCUT2D eigenvalue weighted by Gasteiger charge is 2.23. The number of carboxylic acids is 1. The Morgan fingerprint density at radius 3 is 2.70 bits per heavy atom. The molecule has 2 rings (SSSR count). The Morgan fingerprint density at radius 1 is 1.35 bits per heavy atom. The minimum absolute atomic E-state index is 0.124. The zero-order valence-corrected chi connectivity index (χ0v) is 11.0. The van der Waals surface area contributed by atoms with Gasteiger partial charge in [0.25, 0.3) is 5.91 Å². The van der Waals surface area contributed by atoms with Crippen LogP contribution < -0.4 is 14.8 Å². The van der Waals surface area contributed by atoms with Crippen LogP contribution in [0.25, 0.3) is 0 Å². The molecular weight excluding hydrogens is 290 g/mol. The maximum absolute atomic E-state index is 11.9. The molecule has 1 aliphatic rings. The summed E-state index contributed by atoms with van der Waals surface area (Å²) in [5.74, 6) is -1.33. The van der Waals surface area contributed by atoms with E-state index in [1.165, 1.54) is 12.1 Å². The topological polar surface area (TPSA) is 105 Å². The fourth-order valence-corrected chi connectivity index (χ4v) is 1.93. The van der Waals surface area contributed by atoms with Crippen LogP contribution in [0.15, 0.2) is 12.1 Å². The van der Waals surface area contributed by atoms with Crippen LogP contribution in [0.3, 0.4) is 0 Å². The highest BCUT2D eigenvalue weighted by atomic mass is 35.5. The Bertz CT molecular complexity index is 547. The van der Waals surface area contributed by atoms with Gasteiger partial charge in [-0.1, -0.05) is 11.6 Å². The second-order valence-corrected chi connectivity index (χ2v) is 4.44. The second kappa shape index (κ2) is 5.98. The highest BCUT2D eigenvalue weighted by Crippen LogP contribution is 2.38. The maximum Gasteiger partial charge on any atom is 0.328 e. The van der Waals surface area contributed by atoms with Crippen molar-refractivity contribution in [2.75, 3.05) is 19.8 Å². The van der Waals surface area contributed by atoms with Crippen molar-refractivity contribution < 1.29 is 29.3 Å². The molecule has 1 unspecified atom stereocenters. The minimum atomic E-state index is -1.38. The van der Waals surface area contributed by atoms with Gasteiger partial charge in [-0.05, 0) is 12.1 Å². The Labute approximate surface area is 119 Å². The molecular formula is C12H12ClNO6. The van der Waals surface area contributed by atoms with E-state index in [2.05, 4.69) is 5.32 Å². The molecule has 0 fully saturated rings. The van der Waals surface area contributed by atoms with E-state index in [4.69, 9.17) is 31.3 Å². The highest BCUT2D eigenvalue weighted by molar-refractivity contribution is 6.32. The molecule has 1 aromatic carbocycles. The Hall–Kier alpha value is -1.99. The van der Waals surface area contributed by atoms with E-state index in [1.54, 1.807) is 0 Å². The molecule has 20 heavy (non-hydrogen) atoms. The van der Waals surface area contributed by atoms with Crippen molar-refractivity contribution in [1.29, 1.82) is 0 Å². The third-order valence-electron chi connectivity index (χ3n) is 2.65. The summed E-state index contributed by atoms with van der Waals surface area (Å²) in [7, 11) is 0. The van der Waals surface area contributed by atoms with Crippen molar-refractivity contribution in [2.45, 2.75) is 6.04 Å². The van der Waals surface area contributed by atoms with Crippen LogP contribution in [0.5, 0.6) is 11.5 Å². The Balaban J connectivity index is 2.22. The molecule has 0 aromatic heterocycles. The predicted octanol–water partition coefficient (Wildman–Crippen LogP) is 0.286. The molecule has 7 nitrogen and oxygen atoms in total. The standard InChI is InChI=1S/C12H12ClNO6/c13-7-3-6(4-9-10(7)20-2-1-19-9)11(16)14-8(5-15)12(17)18/h3-4,8,15H,1-2,5H2,(H,14,16)(H,17,18). The van der Waals surface area contributed by atoms with E-state index in [1.807, 2.05) is 0 Å². The van der Waals surface area contributed by atoms with Crippen molar-refractivity contribution >= 4 is 23.5 Å². The number of carbonyl (C=O) groups is 2. The molecule has 0 aliphatic carbocycles. The smallest absolute Gasteiger partial charge is 0.328 e. The maximum atomic E-state index is 11.9. The summed E-state index contributed by atoms with van der Waals surface area (Å²) in [5.41, 5.74) is 0.124. The van der Waals surface area contributed by atoms with Gasteiger partial charge in [0.05, 0.1) is 11.6 Å². The van der Waals surface area contributed by atoms with Gasteiger partial charge in [0.15, 0.2) is 17.5 Å². The number of hydrogen-bond donors (Lipinski definition) is 3. The first-order valence-electron chi connectivity index (χ1n) is 5.76. The van der Waals surface area contributed by atoms with Crippen molar-refractivity contribution in [1.82, 2.24) is 5.32 Å². The van der Waals surface area contributed by atoms with Crippen molar-refractivity contribution in [3.05, 3.63) is 22.7 Å². The van der Waals surface area contributed by atoms with Crippen LogP contribution >= 0.6 is 11.6 Å². The number of aliphatic hydroxyl groups is 1. The molecule has 1 aromatic rings. The molecule has 8 heteroatoms. The zero-order chi connectivity index (χ0) is 14.7. The third kappa shape index (κ3) is 2.94. The minimum Gasteiger partial charge on any atom is -0.486 e. The van der Waals surface area contributed by atoms with Gasteiger partial charge in [0.1, 0.15) is 13.2 Å². The lowest BCUT2D eigenvalue weighted by atomic mass is 10.1. The average molecular weight is 302 g/mol. The Kier molecular flexibility index (Phi) is 4.31. The van der Waals surface area contributed by atoms with Crippen molar-refractivity contribution in [2.24, 2.45) is 0 Å². The zero-order valence-electron chi connectivity index (χ0n) is 10.3. The number of benzene rings is 1. The molecule has 0 bridgehead atoms. The summed E-state index contributed by atoms with van der Waals surface area (Å²) in [4.78, 5) is 22.7. The van der Waals surface area contributed by atoms with Gasteiger partial charge in [0.2, 0.25) is 0 Å². The molecule has 1 heterocycles. The third-order valence-corrected chi connectivity index (χ3v) is 2.93. The van der Waals surface area contributed by atoms with Crippen LogP contribution in [-0.4, -0.2) is 48.0 Å². The number of amides is 1. The largest absolute Gasteiger partial charge is 0.486 e. The number of rotatable bonds is 4. The first kappa shape index (κ1) is 14.4. The monoisotopic (exact) mass is 301 g/mol. The normalized spacial score (nSPS) is 14.5. The van der Waals surface area contributed by atoms with E-state index in [-0.39, 0.29) is 10.6 Å². The van der Waals surface area contributed by atoms with Crippen molar-refractivity contribution in [3.63, 3.8) is 0 Å². The Morgan fingerprint density at radius 2 is 2.05 bits per heavy atom. The molecule has 0 saturated heterocycles. The number of aliphatic hydroxyl groups excluding tert-OH is 1. The van der Waals surface area contributed by atoms with Crippen LogP contribution in [0.4, 0.5) is 0 Å². The lowest BCUT2D eigenvalue weighted by molar-refractivity contribution is -0.140. The SMILES string of the molecule is O=C(NC(CO)C(=O)O)c1cc(Cl)c2c(c1)OCCO2. The number of nitrogens with one attached hydrogen (secondary N) is 1. The number of carboxylic acid groups (broad SMARTS) is 1. The average Bonchev–Trinajstić information content (AvgIpc) is 2.44. The summed E-state index contributed by atoms with van der Waals surface area (Å²) < 4.78 is 10.6. The molecule has 3 N–H and O–H groups in total. The molecule has 0 spiro atoms. The van der Waals surface area contributed by atoms with Gasteiger partial charge in [-0.25, -0.2) is 4.79 Å². The molecule has 0 saturated carbocycles.